The second kappa shape index (κ2) is 9.00. The molecule has 1 saturated heterocycles. The highest BCUT2D eigenvalue weighted by molar-refractivity contribution is 7.21. The molecule has 1 saturated carbocycles. The van der Waals surface area contributed by atoms with E-state index in [4.69, 9.17) is 4.74 Å². The molecule has 6 heterocycles. The summed E-state index contributed by atoms with van der Waals surface area (Å²) >= 11 is 1.49. The molecule has 0 unspecified atom stereocenters. The predicted octanol–water partition coefficient (Wildman–Crippen LogP) is 3.31. The molecule has 0 atom stereocenters. The maximum absolute atomic E-state index is 13.3. The molecule has 2 fully saturated rings. The number of anilines is 2. The van der Waals surface area contributed by atoms with Crippen LogP contribution in [0.3, 0.4) is 0 Å². The van der Waals surface area contributed by atoms with Crippen molar-refractivity contribution < 1.29 is 14.3 Å². The van der Waals surface area contributed by atoms with E-state index in [9.17, 15) is 9.59 Å². The Kier molecular flexibility index (Phi) is 5.57. The van der Waals surface area contributed by atoms with Crippen LogP contribution >= 0.6 is 11.3 Å². The van der Waals surface area contributed by atoms with E-state index in [2.05, 4.69) is 30.7 Å². The van der Waals surface area contributed by atoms with Crippen LogP contribution in [0, 0.1) is 6.92 Å². The number of carbonyl (C=O) groups excluding carboxylic acids is 2. The summed E-state index contributed by atoms with van der Waals surface area (Å²) in [5.74, 6) is -0.342. The van der Waals surface area contributed by atoms with Crippen molar-refractivity contribution in [1.29, 1.82) is 0 Å². The number of hydrogen-bond acceptors (Lipinski definition) is 8. The van der Waals surface area contributed by atoms with Crippen LogP contribution in [0.2, 0.25) is 0 Å². The summed E-state index contributed by atoms with van der Waals surface area (Å²) in [5.41, 5.74) is 4.54. The number of hydrogen-bond donors (Lipinski definition) is 2. The van der Waals surface area contributed by atoms with Gasteiger partial charge in [0, 0.05) is 23.8 Å². The van der Waals surface area contributed by atoms with Gasteiger partial charge in [0.25, 0.3) is 5.91 Å². The number of amides is 2. The molecule has 196 valence electrons. The lowest BCUT2D eigenvalue weighted by molar-refractivity contribution is -0.127. The lowest BCUT2D eigenvalue weighted by atomic mass is 9.68. The highest BCUT2D eigenvalue weighted by Gasteiger charge is 2.49. The fraction of sp³-hybridized carbons (Fsp3) is 0.423. The molecular weight excluding hydrogens is 504 g/mol. The SMILES string of the molecule is Cc1ncc(NC(=O)CN2CCC23CCC3)cc1NC(=O)c1cnn2cc(-c3cnn4c3COCC4)sc12. The molecule has 0 aromatic carbocycles. The number of nitrogens with zero attached hydrogens (tertiary/aromatic N) is 6. The minimum absolute atomic E-state index is 0.0592. The van der Waals surface area contributed by atoms with Gasteiger partial charge in [-0.25, -0.2) is 4.52 Å². The summed E-state index contributed by atoms with van der Waals surface area (Å²) in [5, 5.41) is 14.8. The Bertz CT molecular complexity index is 1560. The lowest BCUT2D eigenvalue weighted by Crippen LogP contribution is -2.65. The number of likely N-dealkylation sites (tertiary alicyclic amines) is 1. The molecule has 2 N–H and O–H groups in total. The second-order valence-corrected chi connectivity index (χ2v) is 11.3. The fourth-order valence-electron chi connectivity index (χ4n) is 5.62. The number of pyridine rings is 1. The summed E-state index contributed by atoms with van der Waals surface area (Å²) in [6.45, 7) is 5.09. The number of thiazole rings is 1. The molecular formula is C26H28N8O3S. The predicted molar refractivity (Wildman–Crippen MR) is 142 cm³/mol. The molecule has 4 aromatic rings. The average molecular weight is 533 g/mol. The maximum atomic E-state index is 13.3. The molecule has 0 radical (unpaired) electrons. The Morgan fingerprint density at radius 2 is 2.03 bits per heavy atom. The van der Waals surface area contributed by atoms with Crippen LogP contribution in [0.25, 0.3) is 15.3 Å². The van der Waals surface area contributed by atoms with Crippen LogP contribution in [0.4, 0.5) is 11.4 Å². The molecule has 0 bridgehead atoms. The van der Waals surface area contributed by atoms with Crippen molar-refractivity contribution in [3.63, 3.8) is 0 Å². The van der Waals surface area contributed by atoms with Crippen molar-refractivity contribution in [2.75, 3.05) is 30.3 Å². The summed E-state index contributed by atoms with van der Waals surface area (Å²) in [6, 6.07) is 1.76. The largest absolute Gasteiger partial charge is 0.373 e. The number of rotatable bonds is 6. The zero-order chi connectivity index (χ0) is 25.9. The van der Waals surface area contributed by atoms with E-state index < -0.39 is 0 Å². The first-order chi connectivity index (χ1) is 18.5. The first-order valence-electron chi connectivity index (χ1n) is 12.9. The first-order valence-corrected chi connectivity index (χ1v) is 13.7. The molecule has 3 aliphatic rings. The van der Waals surface area contributed by atoms with Crippen molar-refractivity contribution in [2.45, 2.75) is 51.3 Å². The third kappa shape index (κ3) is 3.91. The van der Waals surface area contributed by atoms with Gasteiger partial charge in [0.2, 0.25) is 5.91 Å². The molecule has 2 amide bonds. The highest BCUT2D eigenvalue weighted by atomic mass is 32.1. The topological polar surface area (TPSA) is 119 Å². The smallest absolute Gasteiger partial charge is 0.260 e. The molecule has 4 aromatic heterocycles. The van der Waals surface area contributed by atoms with Crippen molar-refractivity contribution >= 4 is 39.4 Å². The van der Waals surface area contributed by atoms with Gasteiger partial charge in [-0.1, -0.05) is 0 Å². The van der Waals surface area contributed by atoms with E-state index in [1.807, 2.05) is 24.0 Å². The molecule has 38 heavy (non-hydrogen) atoms. The number of ether oxygens (including phenoxy) is 1. The van der Waals surface area contributed by atoms with E-state index >= 15 is 0 Å². The van der Waals surface area contributed by atoms with E-state index in [1.165, 1.54) is 37.0 Å². The Balaban J connectivity index is 1.07. The van der Waals surface area contributed by atoms with Gasteiger partial charge in [-0.05, 0) is 38.7 Å². The Morgan fingerprint density at radius 3 is 2.82 bits per heavy atom. The van der Waals surface area contributed by atoms with Gasteiger partial charge in [0.1, 0.15) is 4.83 Å². The first kappa shape index (κ1) is 23.5. The molecule has 1 aliphatic carbocycles. The van der Waals surface area contributed by atoms with Crippen LogP contribution in [0.1, 0.15) is 47.4 Å². The van der Waals surface area contributed by atoms with E-state index in [0.717, 1.165) is 34.1 Å². The quantitative estimate of drug-likeness (QED) is 0.391. The summed E-state index contributed by atoms with van der Waals surface area (Å²) < 4.78 is 9.29. The molecule has 2 aliphatic heterocycles. The number of carbonyl (C=O) groups is 2. The number of aryl methyl sites for hydroxylation is 1. The normalized spacial score (nSPS) is 18.1. The van der Waals surface area contributed by atoms with Gasteiger partial charge >= 0.3 is 0 Å². The zero-order valence-electron chi connectivity index (χ0n) is 21.1. The average Bonchev–Trinajstić information content (AvgIpc) is 3.57. The summed E-state index contributed by atoms with van der Waals surface area (Å²) in [4.78, 5) is 34.4. The minimum Gasteiger partial charge on any atom is -0.373 e. The van der Waals surface area contributed by atoms with Crippen molar-refractivity contribution in [1.82, 2.24) is 29.3 Å². The van der Waals surface area contributed by atoms with E-state index in [-0.39, 0.29) is 17.4 Å². The Hall–Kier alpha value is -3.61. The zero-order valence-corrected chi connectivity index (χ0v) is 21.9. The van der Waals surface area contributed by atoms with Crippen molar-refractivity contribution in [3.8, 4) is 10.4 Å². The van der Waals surface area contributed by atoms with Crippen LogP contribution < -0.4 is 10.6 Å². The van der Waals surface area contributed by atoms with E-state index in [1.54, 1.807) is 23.0 Å². The number of fused-ring (bicyclic) bond motifs is 2. The van der Waals surface area contributed by atoms with Crippen LogP contribution in [0.15, 0.2) is 30.9 Å². The molecule has 1 spiro atoms. The van der Waals surface area contributed by atoms with Gasteiger partial charge in [0.05, 0.1) is 78.1 Å². The number of aromatic nitrogens is 5. The Labute approximate surface area is 222 Å². The van der Waals surface area contributed by atoms with Gasteiger partial charge in [0.15, 0.2) is 0 Å². The third-order valence-corrected chi connectivity index (χ3v) is 9.24. The van der Waals surface area contributed by atoms with Gasteiger partial charge in [-0.15, -0.1) is 11.3 Å². The standard InChI is InChI=1S/C26H28N8O3S/c1-16-20(9-17(10-27-16)30-23(35)14-32-6-5-26(32)3-2-4-26)31-24(36)19-12-29-34-13-22(38-25(19)34)18-11-28-33-7-8-37-15-21(18)33/h9-13H,2-8,14-15H2,1H3,(H,30,35)(H,31,36). The maximum Gasteiger partial charge on any atom is 0.260 e. The van der Waals surface area contributed by atoms with Gasteiger partial charge in [-0.3, -0.25) is 24.2 Å². The fourth-order valence-corrected chi connectivity index (χ4v) is 6.71. The van der Waals surface area contributed by atoms with Gasteiger partial charge in [-0.2, -0.15) is 10.2 Å². The Morgan fingerprint density at radius 1 is 1.13 bits per heavy atom. The van der Waals surface area contributed by atoms with Crippen molar-refractivity contribution in [2.24, 2.45) is 0 Å². The van der Waals surface area contributed by atoms with Crippen LogP contribution in [0.5, 0.6) is 0 Å². The van der Waals surface area contributed by atoms with E-state index in [0.29, 0.717) is 42.4 Å². The summed E-state index contributed by atoms with van der Waals surface area (Å²) in [7, 11) is 0. The van der Waals surface area contributed by atoms with Crippen LogP contribution in [-0.4, -0.2) is 66.3 Å². The van der Waals surface area contributed by atoms with Crippen LogP contribution in [-0.2, 0) is 22.7 Å². The van der Waals surface area contributed by atoms with Crippen molar-refractivity contribution in [3.05, 3.63) is 47.8 Å². The lowest BCUT2D eigenvalue weighted by Gasteiger charge is -2.58. The highest BCUT2D eigenvalue weighted by Crippen LogP contribution is 2.46. The molecule has 12 heteroatoms. The third-order valence-electron chi connectivity index (χ3n) is 8.10. The minimum atomic E-state index is -0.283. The molecule has 7 rings (SSSR count). The number of nitrogens with one attached hydrogen (secondary N) is 2. The molecule has 11 nitrogen and oxygen atoms in total. The summed E-state index contributed by atoms with van der Waals surface area (Å²) in [6.07, 6.45) is 11.8. The monoisotopic (exact) mass is 532 g/mol. The van der Waals surface area contributed by atoms with Gasteiger partial charge < -0.3 is 15.4 Å². The second-order valence-electron chi connectivity index (χ2n) is 10.3.